The molecule has 0 radical (unpaired) electrons. The third-order valence-corrected chi connectivity index (χ3v) is 4.78. The van der Waals surface area contributed by atoms with Gasteiger partial charge in [-0.05, 0) is 20.1 Å². The van der Waals surface area contributed by atoms with Crippen molar-refractivity contribution in [3.63, 3.8) is 0 Å². The smallest absolute Gasteiger partial charge is 0.167 e. The molecule has 23 heavy (non-hydrogen) atoms. The van der Waals surface area contributed by atoms with Crippen LogP contribution >= 0.6 is 11.8 Å². The minimum absolute atomic E-state index is 0.0431. The van der Waals surface area contributed by atoms with Crippen molar-refractivity contribution in [3.8, 4) is 0 Å². The molecule has 2 aliphatic rings. The van der Waals surface area contributed by atoms with E-state index in [2.05, 4.69) is 15.0 Å². The summed E-state index contributed by atoms with van der Waals surface area (Å²) in [5.41, 5.74) is 7.07. The lowest BCUT2D eigenvalue weighted by Crippen LogP contribution is -2.31. The number of nitrogens with two attached hydrogens (primary N) is 1. The molecule has 0 aromatic carbocycles. The third-order valence-electron chi connectivity index (χ3n) is 4.12. The Morgan fingerprint density at radius 2 is 2.04 bits per heavy atom. The van der Waals surface area contributed by atoms with E-state index < -0.39 is 5.79 Å². The summed E-state index contributed by atoms with van der Waals surface area (Å²) in [5.74, 6) is 0.562. The number of nitrogens with zero attached hydrogens (tertiary/aromatic N) is 4. The van der Waals surface area contributed by atoms with Crippen molar-refractivity contribution in [3.05, 3.63) is 12.7 Å². The maximum Gasteiger partial charge on any atom is 0.167 e. The maximum absolute atomic E-state index is 6.21. The number of hydrogen-bond donors (Lipinski definition) is 1. The Balaban J connectivity index is 1.74. The molecular weight excluding hydrogens is 318 g/mol. The van der Waals surface area contributed by atoms with E-state index in [0.717, 1.165) is 5.75 Å². The Kier molecular flexibility index (Phi) is 3.49. The lowest BCUT2D eigenvalue weighted by molar-refractivity contribution is -0.193. The van der Waals surface area contributed by atoms with Crippen LogP contribution in [0.25, 0.3) is 11.2 Å². The molecule has 8 nitrogen and oxygen atoms in total. The van der Waals surface area contributed by atoms with Gasteiger partial charge in [-0.25, -0.2) is 15.0 Å². The van der Waals surface area contributed by atoms with Gasteiger partial charge in [0, 0.05) is 5.75 Å². The first-order valence-electron chi connectivity index (χ1n) is 7.43. The van der Waals surface area contributed by atoms with E-state index in [1.54, 1.807) is 18.1 Å². The van der Waals surface area contributed by atoms with E-state index in [4.69, 9.17) is 19.9 Å². The summed E-state index contributed by atoms with van der Waals surface area (Å²) >= 11 is 1.72. The van der Waals surface area contributed by atoms with Crippen LogP contribution in [0.15, 0.2) is 12.7 Å². The highest BCUT2D eigenvalue weighted by atomic mass is 32.2. The summed E-state index contributed by atoms with van der Waals surface area (Å²) in [6, 6.07) is 0. The second-order valence-electron chi connectivity index (χ2n) is 6.17. The molecule has 0 spiro atoms. The van der Waals surface area contributed by atoms with Crippen LogP contribution in [0.3, 0.4) is 0 Å². The molecule has 2 aromatic heterocycles. The molecule has 124 valence electrons. The number of hydrogen-bond acceptors (Lipinski definition) is 8. The van der Waals surface area contributed by atoms with Gasteiger partial charge in [0.25, 0.3) is 0 Å². The predicted octanol–water partition coefficient (Wildman–Crippen LogP) is 1.19. The summed E-state index contributed by atoms with van der Waals surface area (Å²) in [4.78, 5) is 12.6. The SMILES string of the molecule is CSC[C@H]1O[C@@H](n2cnc3c(N)ncnc32)[C@@H]2OC(C)(C)O[C@@H]21. The number of fused-ring (bicyclic) bond motifs is 2. The molecule has 0 saturated carbocycles. The Bertz CT molecular complexity index is 736. The quantitative estimate of drug-likeness (QED) is 0.892. The van der Waals surface area contributed by atoms with Gasteiger partial charge in [-0.2, -0.15) is 11.8 Å². The molecule has 0 unspecified atom stereocenters. The summed E-state index contributed by atoms with van der Waals surface area (Å²) in [7, 11) is 0. The molecule has 4 atom stereocenters. The number of rotatable bonds is 3. The first kappa shape index (κ1) is 15.1. The summed E-state index contributed by atoms with van der Waals surface area (Å²) in [5, 5.41) is 0. The van der Waals surface area contributed by atoms with Crippen molar-refractivity contribution < 1.29 is 14.2 Å². The molecule has 2 aromatic rings. The third kappa shape index (κ3) is 2.38. The Labute approximate surface area is 137 Å². The summed E-state index contributed by atoms with van der Waals surface area (Å²) in [6.07, 6.45) is 4.43. The molecule has 0 amide bonds. The second-order valence-corrected chi connectivity index (χ2v) is 7.08. The molecule has 4 heterocycles. The molecule has 2 saturated heterocycles. The van der Waals surface area contributed by atoms with Gasteiger partial charge in [-0.1, -0.05) is 0 Å². The maximum atomic E-state index is 6.21. The standard InChI is InChI=1S/C14H19N5O3S/c1-14(2)21-9-7(4-23-3)20-13(10(9)22-14)19-6-18-8-11(15)16-5-17-12(8)19/h5-7,9-10,13H,4H2,1-3H3,(H2,15,16,17)/t7-,9-,10-,13-/m1/s1. The van der Waals surface area contributed by atoms with Crippen molar-refractivity contribution in [2.75, 3.05) is 17.7 Å². The fourth-order valence-electron chi connectivity index (χ4n) is 3.24. The van der Waals surface area contributed by atoms with E-state index in [0.29, 0.717) is 17.0 Å². The van der Waals surface area contributed by atoms with Gasteiger partial charge >= 0.3 is 0 Å². The Morgan fingerprint density at radius 1 is 1.26 bits per heavy atom. The number of thioether (sulfide) groups is 1. The number of imidazole rings is 1. The molecule has 9 heteroatoms. The van der Waals surface area contributed by atoms with Crippen molar-refractivity contribution in [1.29, 1.82) is 0 Å². The lowest BCUT2D eigenvalue weighted by atomic mass is 10.1. The topological polar surface area (TPSA) is 97.3 Å². The average Bonchev–Trinajstić information content (AvgIpc) is 3.13. The van der Waals surface area contributed by atoms with Crippen LogP contribution in [-0.4, -0.2) is 55.6 Å². The van der Waals surface area contributed by atoms with Gasteiger partial charge in [-0.15, -0.1) is 0 Å². The van der Waals surface area contributed by atoms with Crippen LogP contribution < -0.4 is 5.73 Å². The van der Waals surface area contributed by atoms with Gasteiger partial charge in [0.05, 0.1) is 12.4 Å². The number of anilines is 1. The van der Waals surface area contributed by atoms with Gasteiger partial charge in [0.15, 0.2) is 23.5 Å². The van der Waals surface area contributed by atoms with Crippen LogP contribution in [0.2, 0.25) is 0 Å². The van der Waals surface area contributed by atoms with Crippen LogP contribution in [0, 0.1) is 0 Å². The molecular formula is C14H19N5O3S. The molecule has 0 aliphatic carbocycles. The Morgan fingerprint density at radius 3 is 2.83 bits per heavy atom. The van der Waals surface area contributed by atoms with E-state index in [-0.39, 0.29) is 24.5 Å². The first-order chi connectivity index (χ1) is 11.0. The normalized spacial score (nSPS) is 32.5. The van der Waals surface area contributed by atoms with Crippen LogP contribution in [0.4, 0.5) is 5.82 Å². The molecule has 0 bridgehead atoms. The highest BCUT2D eigenvalue weighted by Gasteiger charge is 2.55. The zero-order chi connectivity index (χ0) is 16.2. The summed E-state index contributed by atoms with van der Waals surface area (Å²) in [6.45, 7) is 3.84. The minimum atomic E-state index is -0.627. The van der Waals surface area contributed by atoms with E-state index in [9.17, 15) is 0 Å². The molecule has 2 N–H and O–H groups in total. The number of ether oxygens (including phenoxy) is 3. The van der Waals surface area contributed by atoms with Crippen LogP contribution in [0.1, 0.15) is 20.1 Å². The van der Waals surface area contributed by atoms with E-state index in [1.165, 1.54) is 6.33 Å². The van der Waals surface area contributed by atoms with Crippen LogP contribution in [-0.2, 0) is 14.2 Å². The fourth-order valence-corrected chi connectivity index (χ4v) is 3.83. The van der Waals surface area contributed by atoms with Crippen LogP contribution in [0.5, 0.6) is 0 Å². The van der Waals surface area contributed by atoms with Crippen molar-refractivity contribution >= 4 is 28.7 Å². The number of aromatic nitrogens is 4. The molecule has 4 rings (SSSR count). The van der Waals surface area contributed by atoms with Crippen molar-refractivity contribution in [2.24, 2.45) is 0 Å². The second kappa shape index (κ2) is 5.30. The zero-order valence-corrected chi connectivity index (χ0v) is 14.0. The first-order valence-corrected chi connectivity index (χ1v) is 8.82. The fraction of sp³-hybridized carbons (Fsp3) is 0.643. The molecule has 2 aliphatic heterocycles. The van der Waals surface area contributed by atoms with Gasteiger partial charge in [0.2, 0.25) is 0 Å². The van der Waals surface area contributed by atoms with E-state index in [1.807, 2.05) is 24.7 Å². The van der Waals surface area contributed by atoms with Gasteiger partial charge in [0.1, 0.15) is 24.1 Å². The highest BCUT2D eigenvalue weighted by molar-refractivity contribution is 7.98. The molecule has 2 fully saturated rings. The van der Waals surface area contributed by atoms with Crippen molar-refractivity contribution in [2.45, 2.75) is 44.2 Å². The van der Waals surface area contributed by atoms with Gasteiger partial charge < -0.3 is 19.9 Å². The zero-order valence-electron chi connectivity index (χ0n) is 13.2. The van der Waals surface area contributed by atoms with Crippen molar-refractivity contribution in [1.82, 2.24) is 19.5 Å². The average molecular weight is 337 g/mol. The largest absolute Gasteiger partial charge is 0.382 e. The Hall–Kier alpha value is -1.42. The highest BCUT2D eigenvalue weighted by Crippen LogP contribution is 2.44. The van der Waals surface area contributed by atoms with E-state index >= 15 is 0 Å². The summed E-state index contributed by atoms with van der Waals surface area (Å²) < 4.78 is 20.2. The number of nitrogen functional groups attached to an aromatic ring is 1. The minimum Gasteiger partial charge on any atom is -0.382 e. The predicted molar refractivity (Wildman–Crippen MR) is 85.9 cm³/mol. The van der Waals surface area contributed by atoms with Gasteiger partial charge in [-0.3, -0.25) is 4.57 Å². The lowest BCUT2D eigenvalue weighted by Gasteiger charge is -2.24. The monoisotopic (exact) mass is 337 g/mol.